The summed E-state index contributed by atoms with van der Waals surface area (Å²) < 4.78 is 11.7. The molecule has 0 aromatic carbocycles. The Morgan fingerprint density at radius 2 is 2.37 bits per heavy atom. The molecule has 3 rings (SSSR count). The molecule has 0 radical (unpaired) electrons. The Labute approximate surface area is 117 Å². The maximum atomic E-state index is 5.85. The zero-order valence-electron chi connectivity index (χ0n) is 11.1. The Morgan fingerprint density at radius 1 is 1.53 bits per heavy atom. The number of rotatable bonds is 4. The number of nitrogens with one attached hydrogen (secondary N) is 2. The highest BCUT2D eigenvalue weighted by atomic mass is 32.2. The first-order valence-corrected chi connectivity index (χ1v) is 7.72. The fourth-order valence-corrected chi connectivity index (χ4v) is 4.12. The number of aromatic nitrogens is 3. The third-order valence-corrected chi connectivity index (χ3v) is 4.95. The molecule has 19 heavy (non-hydrogen) atoms. The minimum Gasteiger partial charge on any atom is -0.347 e. The van der Waals surface area contributed by atoms with E-state index in [1.165, 1.54) is 0 Å². The van der Waals surface area contributed by atoms with Crippen LogP contribution in [0.15, 0.2) is 11.5 Å². The predicted molar refractivity (Wildman–Crippen MR) is 72.0 cm³/mol. The lowest BCUT2D eigenvalue weighted by molar-refractivity contribution is -0.178. The van der Waals surface area contributed by atoms with Gasteiger partial charge in [0.05, 0.1) is 13.2 Å². The lowest BCUT2D eigenvalue weighted by Crippen LogP contribution is -2.49. The van der Waals surface area contributed by atoms with Crippen molar-refractivity contribution in [3.63, 3.8) is 0 Å². The van der Waals surface area contributed by atoms with Gasteiger partial charge in [-0.1, -0.05) is 18.7 Å². The van der Waals surface area contributed by atoms with Gasteiger partial charge in [0, 0.05) is 24.1 Å². The molecule has 2 heterocycles. The molecule has 7 heteroatoms. The molecule has 2 N–H and O–H groups in total. The predicted octanol–water partition coefficient (Wildman–Crippen LogP) is 1.17. The van der Waals surface area contributed by atoms with Gasteiger partial charge in [-0.15, -0.1) is 0 Å². The van der Waals surface area contributed by atoms with Crippen LogP contribution in [0.3, 0.4) is 0 Å². The highest BCUT2D eigenvalue weighted by Crippen LogP contribution is 2.41. The molecule has 2 fully saturated rings. The van der Waals surface area contributed by atoms with Crippen molar-refractivity contribution in [1.29, 1.82) is 0 Å². The van der Waals surface area contributed by atoms with Gasteiger partial charge >= 0.3 is 0 Å². The Balaban J connectivity index is 1.70. The van der Waals surface area contributed by atoms with Crippen LogP contribution >= 0.6 is 11.8 Å². The van der Waals surface area contributed by atoms with Gasteiger partial charge in [-0.3, -0.25) is 5.10 Å². The van der Waals surface area contributed by atoms with E-state index in [1.54, 1.807) is 18.1 Å². The average Bonchev–Trinajstić information content (AvgIpc) is 3.06. The average molecular weight is 284 g/mol. The van der Waals surface area contributed by atoms with E-state index in [0.29, 0.717) is 24.5 Å². The highest BCUT2D eigenvalue weighted by molar-refractivity contribution is 7.99. The van der Waals surface area contributed by atoms with Crippen molar-refractivity contribution in [3.05, 3.63) is 6.33 Å². The molecule has 0 bridgehead atoms. The van der Waals surface area contributed by atoms with E-state index >= 15 is 0 Å². The van der Waals surface area contributed by atoms with Crippen LogP contribution in [0.2, 0.25) is 0 Å². The molecule has 6 nitrogen and oxygen atoms in total. The van der Waals surface area contributed by atoms with E-state index in [-0.39, 0.29) is 5.79 Å². The first kappa shape index (κ1) is 13.4. The molecular formula is C12H20N4O2S. The normalized spacial score (nSPS) is 29.9. The second-order valence-corrected chi connectivity index (χ2v) is 6.19. The number of H-pyrrole nitrogens is 1. The minimum atomic E-state index is -0.358. The minimum absolute atomic E-state index is 0.358. The Kier molecular flexibility index (Phi) is 4.07. The number of ether oxygens (including phenoxy) is 2. The van der Waals surface area contributed by atoms with Crippen molar-refractivity contribution in [3.8, 4) is 0 Å². The van der Waals surface area contributed by atoms with Crippen molar-refractivity contribution in [2.24, 2.45) is 0 Å². The van der Waals surface area contributed by atoms with Crippen LogP contribution < -0.4 is 5.32 Å². The fraction of sp³-hybridized carbons (Fsp3) is 0.833. The summed E-state index contributed by atoms with van der Waals surface area (Å²) in [5, 5.41) is 11.6. The van der Waals surface area contributed by atoms with Gasteiger partial charge in [0.2, 0.25) is 0 Å². The number of hydrogen-bond donors (Lipinski definition) is 2. The fourth-order valence-electron chi connectivity index (χ4n) is 2.89. The van der Waals surface area contributed by atoms with Crippen molar-refractivity contribution >= 4 is 11.8 Å². The van der Waals surface area contributed by atoms with E-state index < -0.39 is 0 Å². The molecule has 1 saturated heterocycles. The maximum absolute atomic E-state index is 5.85. The monoisotopic (exact) mass is 284 g/mol. The van der Waals surface area contributed by atoms with Crippen LogP contribution in [0.25, 0.3) is 0 Å². The van der Waals surface area contributed by atoms with Crippen molar-refractivity contribution in [2.75, 3.05) is 19.8 Å². The van der Waals surface area contributed by atoms with Gasteiger partial charge in [0.25, 0.3) is 0 Å². The summed E-state index contributed by atoms with van der Waals surface area (Å²) >= 11 is 1.73. The summed E-state index contributed by atoms with van der Waals surface area (Å²) in [7, 11) is 0. The Hall–Kier alpha value is -0.630. The van der Waals surface area contributed by atoms with E-state index in [0.717, 1.165) is 31.0 Å². The second kappa shape index (κ2) is 5.78. The van der Waals surface area contributed by atoms with Crippen LogP contribution in [0.4, 0.5) is 0 Å². The van der Waals surface area contributed by atoms with Gasteiger partial charge in [-0.2, -0.15) is 5.10 Å². The molecular weight excluding hydrogens is 264 g/mol. The molecule has 1 saturated carbocycles. The number of thioether (sulfide) groups is 1. The molecule has 1 aromatic heterocycles. The molecule has 106 valence electrons. The summed E-state index contributed by atoms with van der Waals surface area (Å²) in [4.78, 5) is 4.21. The molecule has 2 atom stereocenters. The van der Waals surface area contributed by atoms with Crippen molar-refractivity contribution in [2.45, 2.75) is 48.4 Å². The van der Waals surface area contributed by atoms with E-state index in [2.05, 4.69) is 27.4 Å². The first-order chi connectivity index (χ1) is 9.31. The summed E-state index contributed by atoms with van der Waals surface area (Å²) in [6.07, 6.45) is 4.49. The van der Waals surface area contributed by atoms with Gasteiger partial charge in [0.1, 0.15) is 6.33 Å². The third-order valence-electron chi connectivity index (χ3n) is 3.73. The second-order valence-electron chi connectivity index (χ2n) is 4.96. The van der Waals surface area contributed by atoms with Gasteiger partial charge < -0.3 is 14.8 Å². The smallest absolute Gasteiger partial charge is 0.183 e. The van der Waals surface area contributed by atoms with Crippen molar-refractivity contribution in [1.82, 2.24) is 20.5 Å². The van der Waals surface area contributed by atoms with E-state index in [9.17, 15) is 0 Å². The molecule has 0 amide bonds. The van der Waals surface area contributed by atoms with Crippen LogP contribution in [0.1, 0.15) is 26.2 Å². The number of nitrogens with zero attached hydrogens (tertiary/aromatic N) is 2. The zero-order chi connectivity index (χ0) is 13.1. The maximum Gasteiger partial charge on any atom is 0.183 e. The molecule has 2 unspecified atom stereocenters. The van der Waals surface area contributed by atoms with Gasteiger partial charge in [-0.05, 0) is 13.0 Å². The zero-order valence-corrected chi connectivity index (χ0v) is 11.9. The highest BCUT2D eigenvalue weighted by Gasteiger charge is 2.45. The summed E-state index contributed by atoms with van der Waals surface area (Å²) in [5.74, 6) is -0.358. The van der Waals surface area contributed by atoms with Crippen molar-refractivity contribution < 1.29 is 9.47 Å². The number of hydrogen-bond acceptors (Lipinski definition) is 6. The number of aromatic amines is 1. The molecule has 1 spiro atoms. The van der Waals surface area contributed by atoms with Crippen LogP contribution in [0.5, 0.6) is 0 Å². The quantitative estimate of drug-likeness (QED) is 0.865. The summed E-state index contributed by atoms with van der Waals surface area (Å²) in [6, 6.07) is 0.471. The topological polar surface area (TPSA) is 72.1 Å². The molecule has 2 aliphatic rings. The van der Waals surface area contributed by atoms with Crippen LogP contribution in [0, 0.1) is 0 Å². The Bertz CT molecular complexity index is 394. The Morgan fingerprint density at radius 3 is 3.05 bits per heavy atom. The first-order valence-electron chi connectivity index (χ1n) is 6.85. The molecule has 1 aliphatic carbocycles. The SMILES string of the molecule is CCNC1CCC2(CC1Sc1ncn[nH]1)OCCO2. The largest absolute Gasteiger partial charge is 0.347 e. The van der Waals surface area contributed by atoms with Gasteiger partial charge in [0.15, 0.2) is 10.9 Å². The van der Waals surface area contributed by atoms with Gasteiger partial charge in [-0.25, -0.2) is 4.98 Å². The third kappa shape index (κ3) is 2.94. The molecule has 1 aliphatic heterocycles. The van der Waals surface area contributed by atoms with Crippen LogP contribution in [-0.4, -0.2) is 52.0 Å². The standard InChI is InChI=1S/C12H20N4O2S/c1-2-13-9-3-4-12(17-5-6-18-12)7-10(9)19-11-14-8-15-16-11/h8-10,13H,2-7H2,1H3,(H,14,15,16). The molecule has 1 aromatic rings. The summed E-state index contributed by atoms with van der Waals surface area (Å²) in [5.41, 5.74) is 0. The van der Waals surface area contributed by atoms with Crippen LogP contribution in [-0.2, 0) is 9.47 Å². The van der Waals surface area contributed by atoms with E-state index in [1.807, 2.05) is 0 Å². The lowest BCUT2D eigenvalue weighted by atomic mass is 9.89. The lowest BCUT2D eigenvalue weighted by Gasteiger charge is -2.40. The summed E-state index contributed by atoms with van der Waals surface area (Å²) in [6.45, 7) is 4.55. The van der Waals surface area contributed by atoms with E-state index in [4.69, 9.17) is 9.47 Å².